The molecule has 1 amide bonds. The highest BCUT2D eigenvalue weighted by atomic mass is 35.5. The summed E-state index contributed by atoms with van der Waals surface area (Å²) in [5.41, 5.74) is 0.601. The van der Waals surface area contributed by atoms with Gasteiger partial charge in [-0.2, -0.15) is 0 Å². The molecule has 1 heterocycles. The smallest absolute Gasteiger partial charge is 0.251 e. The number of nitrogens with one attached hydrogen (secondary N) is 2. The van der Waals surface area contributed by atoms with Gasteiger partial charge < -0.3 is 15.4 Å². The first-order valence-electron chi connectivity index (χ1n) is 7.99. The van der Waals surface area contributed by atoms with E-state index >= 15 is 0 Å². The Labute approximate surface area is 161 Å². The number of amides is 1. The number of hydrogen-bond donors (Lipinski definition) is 2. The molecule has 134 valence electrons. The minimum Gasteiger partial charge on any atom is -0.496 e. The largest absolute Gasteiger partial charge is 0.496 e. The first-order valence-corrected chi connectivity index (χ1v) is 8.74. The number of carbonyl (C=O) groups is 1. The number of rotatable bonds is 6. The molecule has 26 heavy (non-hydrogen) atoms. The van der Waals surface area contributed by atoms with Crippen LogP contribution in [0.3, 0.4) is 0 Å². The molecular weight excluding hydrogens is 373 g/mol. The van der Waals surface area contributed by atoms with E-state index in [1.54, 1.807) is 25.3 Å². The number of ether oxygens (including phenoxy) is 1. The fraction of sp³-hybridized carbons (Fsp3) is 0.158. The molecule has 2 N–H and O–H groups in total. The van der Waals surface area contributed by atoms with Crippen molar-refractivity contribution in [2.75, 3.05) is 25.5 Å². The van der Waals surface area contributed by atoms with Crippen molar-refractivity contribution < 1.29 is 9.53 Å². The summed E-state index contributed by atoms with van der Waals surface area (Å²) in [6.45, 7) is 0.897. The van der Waals surface area contributed by atoms with Crippen molar-refractivity contribution in [1.82, 2.24) is 10.3 Å². The SMILES string of the molecule is COc1ccc(C(=O)NCCNc2ncc(Cl)cc2Cl)c2ccccc12. The molecule has 0 saturated heterocycles. The zero-order valence-corrected chi connectivity index (χ0v) is 15.6. The summed E-state index contributed by atoms with van der Waals surface area (Å²) in [5, 5.41) is 8.61. The third-order valence-corrected chi connectivity index (χ3v) is 4.35. The summed E-state index contributed by atoms with van der Waals surface area (Å²) in [4.78, 5) is 16.7. The summed E-state index contributed by atoms with van der Waals surface area (Å²) in [5.74, 6) is 1.11. The van der Waals surface area contributed by atoms with Gasteiger partial charge in [-0.15, -0.1) is 0 Å². The van der Waals surface area contributed by atoms with Crippen LogP contribution >= 0.6 is 23.2 Å². The average molecular weight is 390 g/mol. The van der Waals surface area contributed by atoms with E-state index in [1.807, 2.05) is 24.3 Å². The molecule has 3 aromatic rings. The Balaban J connectivity index is 1.65. The lowest BCUT2D eigenvalue weighted by Gasteiger charge is -2.12. The van der Waals surface area contributed by atoms with Crippen LogP contribution in [0.5, 0.6) is 5.75 Å². The maximum Gasteiger partial charge on any atom is 0.251 e. The lowest BCUT2D eigenvalue weighted by Crippen LogP contribution is -2.29. The molecule has 0 spiro atoms. The molecule has 0 aliphatic heterocycles. The number of halogens is 2. The first kappa shape index (κ1) is 18.3. The van der Waals surface area contributed by atoms with E-state index in [4.69, 9.17) is 27.9 Å². The van der Waals surface area contributed by atoms with E-state index in [2.05, 4.69) is 15.6 Å². The highest BCUT2D eigenvalue weighted by Crippen LogP contribution is 2.28. The van der Waals surface area contributed by atoms with Crippen LogP contribution < -0.4 is 15.4 Å². The minimum absolute atomic E-state index is 0.152. The van der Waals surface area contributed by atoms with Crippen molar-refractivity contribution in [3.63, 3.8) is 0 Å². The minimum atomic E-state index is -0.152. The number of pyridine rings is 1. The summed E-state index contributed by atoms with van der Waals surface area (Å²) in [6, 6.07) is 12.8. The molecule has 0 aliphatic rings. The van der Waals surface area contributed by atoms with Gasteiger partial charge in [0.05, 0.1) is 17.2 Å². The van der Waals surface area contributed by atoms with Crippen LogP contribution in [0.15, 0.2) is 48.7 Å². The molecule has 0 bridgehead atoms. The van der Waals surface area contributed by atoms with E-state index in [-0.39, 0.29) is 5.91 Å². The maximum absolute atomic E-state index is 12.5. The molecular formula is C19H17Cl2N3O2. The molecule has 3 rings (SSSR count). The molecule has 2 aromatic carbocycles. The molecule has 1 aromatic heterocycles. The van der Waals surface area contributed by atoms with Crippen LogP contribution in [0.4, 0.5) is 5.82 Å². The number of benzene rings is 2. The number of aromatic nitrogens is 1. The summed E-state index contributed by atoms with van der Waals surface area (Å²) in [7, 11) is 1.61. The van der Waals surface area contributed by atoms with E-state index < -0.39 is 0 Å². The summed E-state index contributed by atoms with van der Waals surface area (Å²) < 4.78 is 5.36. The Hall–Kier alpha value is -2.50. The van der Waals surface area contributed by atoms with Gasteiger partial charge in [0.25, 0.3) is 5.91 Å². The van der Waals surface area contributed by atoms with Crippen molar-refractivity contribution in [3.05, 3.63) is 64.3 Å². The van der Waals surface area contributed by atoms with Crippen LogP contribution in [0.2, 0.25) is 10.0 Å². The van der Waals surface area contributed by atoms with Gasteiger partial charge in [-0.3, -0.25) is 4.79 Å². The monoisotopic (exact) mass is 389 g/mol. The molecule has 0 saturated carbocycles. The Morgan fingerprint density at radius 1 is 1.12 bits per heavy atom. The van der Waals surface area contributed by atoms with Crippen molar-refractivity contribution in [2.24, 2.45) is 0 Å². The molecule has 5 nitrogen and oxygen atoms in total. The summed E-state index contributed by atoms with van der Waals surface area (Å²) in [6.07, 6.45) is 1.51. The molecule has 0 unspecified atom stereocenters. The van der Waals surface area contributed by atoms with Crippen molar-refractivity contribution >= 4 is 45.7 Å². The van der Waals surface area contributed by atoms with Crippen molar-refractivity contribution in [3.8, 4) is 5.75 Å². The third kappa shape index (κ3) is 4.00. The second kappa shape index (κ2) is 8.25. The number of anilines is 1. The van der Waals surface area contributed by atoms with Crippen molar-refractivity contribution in [1.29, 1.82) is 0 Å². The maximum atomic E-state index is 12.5. The predicted molar refractivity (Wildman–Crippen MR) is 106 cm³/mol. The molecule has 0 radical (unpaired) electrons. The predicted octanol–water partition coefficient (Wildman–Crippen LogP) is 4.39. The number of fused-ring (bicyclic) bond motifs is 1. The van der Waals surface area contributed by atoms with Crippen LogP contribution in [-0.2, 0) is 0 Å². The van der Waals surface area contributed by atoms with Crippen LogP contribution in [0, 0.1) is 0 Å². The fourth-order valence-electron chi connectivity index (χ4n) is 2.64. The zero-order chi connectivity index (χ0) is 18.5. The van der Waals surface area contributed by atoms with E-state index in [1.165, 1.54) is 6.20 Å². The van der Waals surface area contributed by atoms with Gasteiger partial charge in [-0.25, -0.2) is 4.98 Å². The first-order chi connectivity index (χ1) is 12.6. The fourth-order valence-corrected chi connectivity index (χ4v) is 3.09. The van der Waals surface area contributed by atoms with Gasteiger partial charge in [0.2, 0.25) is 0 Å². The highest BCUT2D eigenvalue weighted by molar-refractivity contribution is 6.35. The van der Waals surface area contributed by atoms with Gasteiger partial charge >= 0.3 is 0 Å². The van der Waals surface area contributed by atoms with Crippen LogP contribution in [0.1, 0.15) is 10.4 Å². The molecule has 0 aliphatic carbocycles. The van der Waals surface area contributed by atoms with Crippen LogP contribution in [0.25, 0.3) is 10.8 Å². The van der Waals surface area contributed by atoms with Gasteiger partial charge in [-0.05, 0) is 23.6 Å². The number of nitrogens with zero attached hydrogens (tertiary/aromatic N) is 1. The zero-order valence-electron chi connectivity index (χ0n) is 14.1. The number of methoxy groups -OCH3 is 1. The lowest BCUT2D eigenvalue weighted by atomic mass is 10.0. The average Bonchev–Trinajstić information content (AvgIpc) is 2.65. The number of carbonyl (C=O) groups excluding carboxylic acids is 1. The third-order valence-electron chi connectivity index (χ3n) is 3.86. The molecule has 0 atom stereocenters. The topological polar surface area (TPSA) is 63.2 Å². The Bertz CT molecular complexity index is 947. The quantitative estimate of drug-likeness (QED) is 0.613. The van der Waals surface area contributed by atoms with Gasteiger partial charge in [0, 0.05) is 30.2 Å². The lowest BCUT2D eigenvalue weighted by molar-refractivity contribution is 0.0957. The van der Waals surface area contributed by atoms with Gasteiger partial charge in [0.15, 0.2) is 0 Å². The summed E-state index contributed by atoms with van der Waals surface area (Å²) >= 11 is 11.9. The normalized spacial score (nSPS) is 10.6. The van der Waals surface area contributed by atoms with Gasteiger partial charge in [-0.1, -0.05) is 47.5 Å². The second-order valence-electron chi connectivity index (χ2n) is 5.53. The van der Waals surface area contributed by atoms with E-state index in [0.717, 1.165) is 16.5 Å². The molecule has 0 fully saturated rings. The van der Waals surface area contributed by atoms with Crippen molar-refractivity contribution in [2.45, 2.75) is 0 Å². The Morgan fingerprint density at radius 2 is 1.88 bits per heavy atom. The van der Waals surface area contributed by atoms with Crippen LogP contribution in [-0.4, -0.2) is 31.1 Å². The highest BCUT2D eigenvalue weighted by Gasteiger charge is 2.12. The van der Waals surface area contributed by atoms with E-state index in [0.29, 0.717) is 34.5 Å². The Morgan fingerprint density at radius 3 is 2.62 bits per heavy atom. The van der Waals surface area contributed by atoms with E-state index in [9.17, 15) is 4.79 Å². The van der Waals surface area contributed by atoms with Gasteiger partial charge in [0.1, 0.15) is 11.6 Å². The Kier molecular flexibility index (Phi) is 5.81. The number of hydrogen-bond acceptors (Lipinski definition) is 4. The second-order valence-corrected chi connectivity index (χ2v) is 6.37. The molecule has 7 heteroatoms. The standard InChI is InChI=1S/C19H17Cl2N3O2/c1-26-17-7-6-15(13-4-2-3-5-14(13)17)19(25)23-9-8-22-18-16(21)10-12(20)11-24-18/h2-7,10-11H,8-9H2,1H3,(H,22,24)(H,23,25).